The Kier molecular flexibility index (Phi) is 6.30. The first kappa shape index (κ1) is 21.9. The number of benzene rings is 2. The standard InChI is InChI=1S/C25H27N5OS2/c1-19-7-5-8-20(17-19)28-14-12-27(13-15-28)18-29-25(32)30(21-9-3-4-10-22(21)31-2)24(26-29)23-11-6-16-33-23/h3-11,16-17H,12-15,18H2,1-2H3. The van der Waals surface area contributed by atoms with Gasteiger partial charge in [0.2, 0.25) is 4.77 Å². The fourth-order valence-electron chi connectivity index (χ4n) is 4.26. The first-order valence-corrected chi connectivity index (χ1v) is 12.3. The van der Waals surface area contributed by atoms with Gasteiger partial charge in [-0.25, -0.2) is 4.68 Å². The summed E-state index contributed by atoms with van der Waals surface area (Å²) >= 11 is 7.60. The summed E-state index contributed by atoms with van der Waals surface area (Å²) in [7, 11) is 1.69. The molecule has 0 saturated carbocycles. The van der Waals surface area contributed by atoms with Gasteiger partial charge in [-0.15, -0.1) is 16.4 Å². The van der Waals surface area contributed by atoms with Gasteiger partial charge in [-0.3, -0.25) is 9.47 Å². The van der Waals surface area contributed by atoms with E-state index in [0.717, 1.165) is 48.3 Å². The SMILES string of the molecule is COc1ccccc1-n1c(-c2cccs2)nn(CN2CCN(c3cccc(C)c3)CC2)c1=S. The lowest BCUT2D eigenvalue weighted by Crippen LogP contribution is -2.47. The molecule has 3 heterocycles. The van der Waals surface area contributed by atoms with Gasteiger partial charge in [0.15, 0.2) is 5.82 Å². The van der Waals surface area contributed by atoms with E-state index in [-0.39, 0.29) is 0 Å². The number of para-hydroxylation sites is 2. The monoisotopic (exact) mass is 477 g/mol. The van der Waals surface area contributed by atoms with Gasteiger partial charge in [0, 0.05) is 31.9 Å². The quantitative estimate of drug-likeness (QED) is 0.356. The molecule has 1 aliphatic rings. The van der Waals surface area contributed by atoms with Crippen LogP contribution in [-0.2, 0) is 6.67 Å². The molecule has 5 rings (SSSR count). The molecule has 0 amide bonds. The first-order chi connectivity index (χ1) is 16.1. The second-order valence-electron chi connectivity index (χ2n) is 8.18. The van der Waals surface area contributed by atoms with Crippen LogP contribution in [0.4, 0.5) is 5.69 Å². The summed E-state index contributed by atoms with van der Waals surface area (Å²) in [5, 5.41) is 7.03. The molecule has 0 spiro atoms. The molecule has 170 valence electrons. The van der Waals surface area contributed by atoms with Crippen molar-refractivity contribution in [3.63, 3.8) is 0 Å². The van der Waals surface area contributed by atoms with Crippen LogP contribution in [0.15, 0.2) is 66.0 Å². The number of nitrogens with zero attached hydrogens (tertiary/aromatic N) is 5. The molecule has 0 atom stereocenters. The molecule has 1 fully saturated rings. The van der Waals surface area contributed by atoms with Gasteiger partial charge in [-0.05, 0) is 60.4 Å². The summed E-state index contributed by atoms with van der Waals surface area (Å²) in [4.78, 5) is 5.95. The lowest BCUT2D eigenvalue weighted by Gasteiger charge is -2.36. The lowest BCUT2D eigenvalue weighted by molar-refractivity contribution is 0.194. The van der Waals surface area contributed by atoms with Crippen LogP contribution in [0, 0.1) is 11.7 Å². The van der Waals surface area contributed by atoms with Crippen molar-refractivity contribution in [3.05, 3.63) is 76.4 Å². The highest BCUT2D eigenvalue weighted by Gasteiger charge is 2.22. The van der Waals surface area contributed by atoms with Crippen LogP contribution in [-0.4, -0.2) is 52.5 Å². The van der Waals surface area contributed by atoms with Crippen LogP contribution in [0.25, 0.3) is 16.4 Å². The van der Waals surface area contributed by atoms with E-state index in [4.69, 9.17) is 22.1 Å². The van der Waals surface area contributed by atoms with Crippen molar-refractivity contribution in [2.75, 3.05) is 38.2 Å². The molecule has 2 aromatic heterocycles. The Labute approximate surface area is 203 Å². The molecular weight excluding hydrogens is 450 g/mol. The van der Waals surface area contributed by atoms with Crippen LogP contribution >= 0.6 is 23.6 Å². The average molecular weight is 478 g/mol. The minimum absolute atomic E-state index is 0.668. The fraction of sp³-hybridized carbons (Fsp3) is 0.280. The second-order valence-corrected chi connectivity index (χ2v) is 9.49. The maximum absolute atomic E-state index is 5.93. The molecule has 4 aromatic rings. The van der Waals surface area contributed by atoms with Gasteiger partial charge in [0.05, 0.1) is 24.3 Å². The van der Waals surface area contributed by atoms with E-state index in [1.54, 1.807) is 18.4 Å². The highest BCUT2D eigenvalue weighted by Crippen LogP contribution is 2.31. The molecule has 1 saturated heterocycles. The summed E-state index contributed by atoms with van der Waals surface area (Å²) in [5.74, 6) is 1.62. The predicted octanol–water partition coefficient (Wildman–Crippen LogP) is 5.23. The van der Waals surface area contributed by atoms with Gasteiger partial charge < -0.3 is 9.64 Å². The zero-order valence-electron chi connectivity index (χ0n) is 18.8. The van der Waals surface area contributed by atoms with E-state index in [1.165, 1.54) is 11.3 Å². The number of rotatable bonds is 6. The minimum Gasteiger partial charge on any atom is -0.495 e. The van der Waals surface area contributed by atoms with E-state index in [1.807, 2.05) is 39.6 Å². The molecule has 0 N–H and O–H groups in total. The molecule has 2 aromatic carbocycles. The highest BCUT2D eigenvalue weighted by molar-refractivity contribution is 7.71. The smallest absolute Gasteiger partial charge is 0.204 e. The van der Waals surface area contributed by atoms with E-state index >= 15 is 0 Å². The molecule has 0 radical (unpaired) electrons. The molecule has 1 aliphatic heterocycles. The van der Waals surface area contributed by atoms with Crippen molar-refractivity contribution in [1.82, 2.24) is 19.2 Å². The predicted molar refractivity (Wildman–Crippen MR) is 137 cm³/mol. The van der Waals surface area contributed by atoms with Crippen LogP contribution in [0.1, 0.15) is 5.56 Å². The van der Waals surface area contributed by atoms with Gasteiger partial charge in [0.1, 0.15) is 5.75 Å². The minimum atomic E-state index is 0.668. The molecule has 0 aliphatic carbocycles. The van der Waals surface area contributed by atoms with Crippen molar-refractivity contribution in [3.8, 4) is 22.1 Å². The van der Waals surface area contributed by atoms with Crippen molar-refractivity contribution in [2.24, 2.45) is 0 Å². The summed E-state index contributed by atoms with van der Waals surface area (Å²) in [5.41, 5.74) is 3.50. The van der Waals surface area contributed by atoms with Crippen LogP contribution in [0.5, 0.6) is 5.75 Å². The number of hydrogen-bond donors (Lipinski definition) is 0. The number of thiophene rings is 1. The molecular formula is C25H27N5OS2. The zero-order chi connectivity index (χ0) is 22.8. The molecule has 0 bridgehead atoms. The van der Waals surface area contributed by atoms with Crippen molar-refractivity contribution >= 4 is 29.2 Å². The Morgan fingerprint density at radius 2 is 1.82 bits per heavy atom. The maximum Gasteiger partial charge on any atom is 0.204 e. The van der Waals surface area contributed by atoms with Gasteiger partial charge >= 0.3 is 0 Å². The van der Waals surface area contributed by atoms with E-state index in [0.29, 0.717) is 11.4 Å². The number of hydrogen-bond acceptors (Lipinski definition) is 6. The van der Waals surface area contributed by atoms with Gasteiger partial charge in [-0.1, -0.05) is 30.3 Å². The third-order valence-corrected chi connectivity index (χ3v) is 7.24. The Morgan fingerprint density at radius 3 is 2.55 bits per heavy atom. The topological polar surface area (TPSA) is 38.5 Å². The number of aryl methyl sites for hydroxylation is 1. The summed E-state index contributed by atoms with van der Waals surface area (Å²) < 4.78 is 10.3. The summed E-state index contributed by atoms with van der Waals surface area (Å²) in [6, 6.07) is 20.8. The van der Waals surface area contributed by atoms with Gasteiger partial charge in [-0.2, -0.15) is 0 Å². The van der Waals surface area contributed by atoms with E-state index < -0.39 is 0 Å². The third-order valence-electron chi connectivity index (χ3n) is 5.98. The number of aromatic nitrogens is 3. The van der Waals surface area contributed by atoms with Crippen molar-refractivity contribution < 1.29 is 4.74 Å². The fourth-order valence-corrected chi connectivity index (χ4v) is 5.24. The average Bonchev–Trinajstić information content (AvgIpc) is 3.48. The Balaban J connectivity index is 1.41. The van der Waals surface area contributed by atoms with Crippen LogP contribution < -0.4 is 9.64 Å². The van der Waals surface area contributed by atoms with E-state index in [9.17, 15) is 0 Å². The number of methoxy groups -OCH3 is 1. The van der Waals surface area contributed by atoms with E-state index in [2.05, 4.69) is 52.4 Å². The zero-order valence-corrected chi connectivity index (χ0v) is 20.5. The van der Waals surface area contributed by atoms with Crippen molar-refractivity contribution in [2.45, 2.75) is 13.6 Å². The summed E-state index contributed by atoms with van der Waals surface area (Å²) in [6.45, 7) is 6.71. The molecule has 33 heavy (non-hydrogen) atoms. The second kappa shape index (κ2) is 9.51. The molecule has 6 nitrogen and oxygen atoms in total. The largest absolute Gasteiger partial charge is 0.495 e. The Hall–Kier alpha value is -2.94. The van der Waals surface area contributed by atoms with Crippen LogP contribution in [0.3, 0.4) is 0 Å². The van der Waals surface area contributed by atoms with Crippen LogP contribution in [0.2, 0.25) is 0 Å². The summed E-state index contributed by atoms with van der Waals surface area (Å²) in [6.07, 6.45) is 0. The third kappa shape index (κ3) is 4.46. The Bertz CT molecular complexity index is 1290. The number of piperazine rings is 1. The lowest BCUT2D eigenvalue weighted by atomic mass is 10.2. The highest BCUT2D eigenvalue weighted by atomic mass is 32.1. The number of ether oxygens (including phenoxy) is 1. The molecule has 0 unspecified atom stereocenters. The first-order valence-electron chi connectivity index (χ1n) is 11.0. The normalized spacial score (nSPS) is 14.5. The maximum atomic E-state index is 5.93. The van der Waals surface area contributed by atoms with Crippen molar-refractivity contribution in [1.29, 1.82) is 0 Å². The molecule has 8 heteroatoms. The number of anilines is 1. The Morgan fingerprint density at radius 1 is 1.00 bits per heavy atom. The van der Waals surface area contributed by atoms with Gasteiger partial charge in [0.25, 0.3) is 0 Å².